The predicted molar refractivity (Wildman–Crippen MR) is 88.2 cm³/mol. The average molecular weight is 343 g/mol. The van der Waals surface area contributed by atoms with Gasteiger partial charge >= 0.3 is 6.18 Å². The molecule has 0 aromatic heterocycles. The lowest BCUT2D eigenvalue weighted by Gasteiger charge is -2.33. The van der Waals surface area contributed by atoms with Gasteiger partial charge in [0.15, 0.2) is 12.6 Å². The SMILES string of the molecule is CN=C(NCc1ccccc1OCC(F)(F)F)N1CCC(C)CC1. The number of alkyl halides is 3. The van der Waals surface area contributed by atoms with Gasteiger partial charge in [0.05, 0.1) is 0 Å². The van der Waals surface area contributed by atoms with E-state index in [-0.39, 0.29) is 5.75 Å². The molecular formula is C17H24F3N3O. The summed E-state index contributed by atoms with van der Waals surface area (Å²) in [6, 6.07) is 6.75. The Morgan fingerprint density at radius 3 is 2.58 bits per heavy atom. The fourth-order valence-electron chi connectivity index (χ4n) is 2.68. The fraction of sp³-hybridized carbons (Fsp3) is 0.588. The van der Waals surface area contributed by atoms with Crippen molar-refractivity contribution in [3.8, 4) is 5.75 Å². The third-order valence-corrected chi connectivity index (χ3v) is 4.10. The highest BCUT2D eigenvalue weighted by Crippen LogP contribution is 2.22. The number of nitrogens with one attached hydrogen (secondary N) is 1. The number of halogens is 3. The van der Waals surface area contributed by atoms with E-state index in [4.69, 9.17) is 4.74 Å². The van der Waals surface area contributed by atoms with Gasteiger partial charge in [-0.1, -0.05) is 25.1 Å². The topological polar surface area (TPSA) is 36.9 Å². The van der Waals surface area contributed by atoms with Crippen molar-refractivity contribution in [3.05, 3.63) is 29.8 Å². The summed E-state index contributed by atoms with van der Waals surface area (Å²) in [5.74, 6) is 1.73. The summed E-state index contributed by atoms with van der Waals surface area (Å²) in [7, 11) is 1.71. The highest BCUT2D eigenvalue weighted by atomic mass is 19.4. The zero-order valence-electron chi connectivity index (χ0n) is 14.1. The number of hydrogen-bond acceptors (Lipinski definition) is 2. The quantitative estimate of drug-likeness (QED) is 0.672. The van der Waals surface area contributed by atoms with Gasteiger partial charge in [-0.2, -0.15) is 13.2 Å². The number of likely N-dealkylation sites (tertiary alicyclic amines) is 1. The van der Waals surface area contributed by atoms with E-state index in [1.807, 2.05) is 0 Å². The van der Waals surface area contributed by atoms with Crippen LogP contribution >= 0.6 is 0 Å². The largest absolute Gasteiger partial charge is 0.484 e. The third kappa shape index (κ3) is 5.62. The van der Waals surface area contributed by atoms with Gasteiger partial charge in [0, 0.05) is 32.2 Å². The first-order chi connectivity index (χ1) is 11.4. The lowest BCUT2D eigenvalue weighted by atomic mass is 9.99. The minimum atomic E-state index is -4.35. The van der Waals surface area contributed by atoms with E-state index in [2.05, 4.69) is 22.1 Å². The van der Waals surface area contributed by atoms with Crippen LogP contribution in [0.1, 0.15) is 25.3 Å². The van der Waals surface area contributed by atoms with Gasteiger partial charge in [-0.15, -0.1) is 0 Å². The normalized spacial score (nSPS) is 17.0. The summed E-state index contributed by atoms with van der Waals surface area (Å²) < 4.78 is 42.0. The zero-order valence-corrected chi connectivity index (χ0v) is 14.1. The third-order valence-electron chi connectivity index (χ3n) is 4.10. The molecule has 0 saturated carbocycles. The molecule has 1 aromatic carbocycles. The molecule has 134 valence electrons. The number of benzene rings is 1. The Kier molecular flexibility index (Phi) is 6.34. The fourth-order valence-corrected chi connectivity index (χ4v) is 2.68. The molecule has 24 heavy (non-hydrogen) atoms. The molecule has 0 unspecified atom stereocenters. The summed E-state index contributed by atoms with van der Waals surface area (Å²) in [5.41, 5.74) is 0.674. The second-order valence-electron chi connectivity index (χ2n) is 6.08. The Morgan fingerprint density at radius 2 is 1.96 bits per heavy atom. The Morgan fingerprint density at radius 1 is 1.29 bits per heavy atom. The Hall–Kier alpha value is -1.92. The number of nitrogens with zero attached hydrogens (tertiary/aromatic N) is 2. The highest BCUT2D eigenvalue weighted by molar-refractivity contribution is 5.80. The molecule has 0 radical (unpaired) electrons. The van der Waals surface area contributed by atoms with Crippen LogP contribution in [0.4, 0.5) is 13.2 Å². The Labute approximate surface area is 140 Å². The number of hydrogen-bond donors (Lipinski definition) is 1. The van der Waals surface area contributed by atoms with Crippen LogP contribution in [0.2, 0.25) is 0 Å². The van der Waals surface area contributed by atoms with E-state index < -0.39 is 12.8 Å². The lowest BCUT2D eigenvalue weighted by Crippen LogP contribution is -2.45. The molecule has 1 fully saturated rings. The van der Waals surface area contributed by atoms with Crippen molar-refractivity contribution in [3.63, 3.8) is 0 Å². The van der Waals surface area contributed by atoms with Crippen LogP contribution in [0, 0.1) is 5.92 Å². The van der Waals surface area contributed by atoms with Crippen molar-refractivity contribution in [1.82, 2.24) is 10.2 Å². The van der Waals surface area contributed by atoms with Crippen LogP contribution in [-0.4, -0.2) is 43.8 Å². The molecule has 4 nitrogen and oxygen atoms in total. The summed E-state index contributed by atoms with van der Waals surface area (Å²) in [5, 5.41) is 3.22. The molecule has 1 aliphatic heterocycles. The van der Waals surface area contributed by atoms with Crippen molar-refractivity contribution < 1.29 is 17.9 Å². The maximum Gasteiger partial charge on any atom is 0.422 e. The molecule has 0 bridgehead atoms. The molecule has 1 aliphatic rings. The molecule has 0 amide bonds. The van der Waals surface area contributed by atoms with Crippen LogP contribution in [0.5, 0.6) is 5.75 Å². The minimum absolute atomic E-state index is 0.241. The summed E-state index contributed by atoms with van der Waals surface area (Å²) in [6.45, 7) is 3.19. The molecule has 0 spiro atoms. The van der Waals surface area contributed by atoms with Gasteiger partial charge in [-0.05, 0) is 24.8 Å². The number of rotatable bonds is 4. The van der Waals surface area contributed by atoms with Crippen LogP contribution < -0.4 is 10.1 Å². The molecule has 1 saturated heterocycles. The smallest absolute Gasteiger partial charge is 0.422 e. The molecule has 1 heterocycles. The second-order valence-corrected chi connectivity index (χ2v) is 6.08. The lowest BCUT2D eigenvalue weighted by molar-refractivity contribution is -0.153. The number of aliphatic imine (C=N–C) groups is 1. The van der Waals surface area contributed by atoms with Gasteiger partial charge < -0.3 is 15.0 Å². The van der Waals surface area contributed by atoms with Gasteiger partial charge in [-0.25, -0.2) is 0 Å². The molecule has 0 atom stereocenters. The van der Waals surface area contributed by atoms with Crippen molar-refractivity contribution in [1.29, 1.82) is 0 Å². The Balaban J connectivity index is 1.95. The molecule has 1 N–H and O–H groups in total. The van der Waals surface area contributed by atoms with Crippen molar-refractivity contribution in [2.24, 2.45) is 10.9 Å². The van der Waals surface area contributed by atoms with Crippen molar-refractivity contribution in [2.45, 2.75) is 32.5 Å². The first-order valence-corrected chi connectivity index (χ1v) is 8.12. The molecular weight excluding hydrogens is 319 g/mol. The Bertz CT molecular complexity index is 552. The maximum absolute atomic E-state index is 12.3. The number of para-hydroxylation sites is 1. The van der Waals surface area contributed by atoms with E-state index in [9.17, 15) is 13.2 Å². The second kappa shape index (κ2) is 8.26. The van der Waals surface area contributed by atoms with E-state index in [0.717, 1.165) is 37.8 Å². The van der Waals surface area contributed by atoms with Crippen LogP contribution in [-0.2, 0) is 6.54 Å². The zero-order chi connectivity index (χ0) is 17.6. The number of ether oxygens (including phenoxy) is 1. The monoisotopic (exact) mass is 343 g/mol. The standard InChI is InChI=1S/C17H24F3N3O/c1-13-7-9-23(10-8-13)16(21-2)22-11-14-5-3-4-6-15(14)24-12-17(18,19)20/h3-6,13H,7-12H2,1-2H3,(H,21,22). The van der Waals surface area contributed by atoms with Gasteiger partial charge in [0.1, 0.15) is 5.75 Å². The predicted octanol–water partition coefficient (Wildman–Crippen LogP) is 3.44. The summed E-state index contributed by atoms with van der Waals surface area (Å²) in [6.07, 6.45) is -2.11. The van der Waals surface area contributed by atoms with Gasteiger partial charge in [0.25, 0.3) is 0 Å². The maximum atomic E-state index is 12.3. The minimum Gasteiger partial charge on any atom is -0.484 e. The van der Waals surface area contributed by atoms with E-state index >= 15 is 0 Å². The van der Waals surface area contributed by atoms with Crippen LogP contribution in [0.15, 0.2) is 29.3 Å². The first kappa shape index (κ1) is 18.4. The first-order valence-electron chi connectivity index (χ1n) is 8.12. The van der Waals surface area contributed by atoms with E-state index in [1.165, 1.54) is 0 Å². The summed E-state index contributed by atoms with van der Waals surface area (Å²) in [4.78, 5) is 6.46. The molecule has 7 heteroatoms. The van der Waals surface area contributed by atoms with Gasteiger partial charge in [-0.3, -0.25) is 4.99 Å². The van der Waals surface area contributed by atoms with Crippen LogP contribution in [0.3, 0.4) is 0 Å². The van der Waals surface area contributed by atoms with Gasteiger partial charge in [0.2, 0.25) is 0 Å². The van der Waals surface area contributed by atoms with Crippen molar-refractivity contribution >= 4 is 5.96 Å². The molecule has 1 aromatic rings. The number of guanidine groups is 1. The van der Waals surface area contributed by atoms with Crippen LogP contribution in [0.25, 0.3) is 0 Å². The van der Waals surface area contributed by atoms with E-state index in [1.54, 1.807) is 31.3 Å². The van der Waals surface area contributed by atoms with Crippen molar-refractivity contribution in [2.75, 3.05) is 26.7 Å². The summed E-state index contributed by atoms with van der Waals surface area (Å²) >= 11 is 0. The molecule has 0 aliphatic carbocycles. The average Bonchev–Trinajstić information content (AvgIpc) is 2.55. The van der Waals surface area contributed by atoms with E-state index in [0.29, 0.717) is 12.1 Å². The highest BCUT2D eigenvalue weighted by Gasteiger charge is 2.28. The molecule has 2 rings (SSSR count). The number of piperidine rings is 1.